The summed E-state index contributed by atoms with van der Waals surface area (Å²) in [6.07, 6.45) is 2.29. The van der Waals surface area contributed by atoms with Gasteiger partial charge in [0, 0.05) is 6.07 Å². The van der Waals surface area contributed by atoms with E-state index in [0.717, 1.165) is 18.7 Å². The van der Waals surface area contributed by atoms with E-state index in [1.54, 1.807) is 12.1 Å². The molecule has 0 aliphatic heterocycles. The Balaban J connectivity index is 2.02. The van der Waals surface area contributed by atoms with Crippen molar-refractivity contribution in [2.45, 2.75) is 6.42 Å². The van der Waals surface area contributed by atoms with Crippen LogP contribution < -0.4 is 10.1 Å². The number of hydrogen-bond donors (Lipinski definition) is 2. The van der Waals surface area contributed by atoms with Crippen LogP contribution >= 0.6 is 0 Å². The van der Waals surface area contributed by atoms with Crippen molar-refractivity contribution < 1.29 is 14.3 Å². The number of hydrogen-bond acceptors (Lipinski definition) is 4. The second-order valence-corrected chi connectivity index (χ2v) is 3.58. The number of ether oxygens (including phenoxy) is 1. The number of nitrogens with one attached hydrogen (secondary N) is 1. The monoisotopic (exact) mass is 221 g/mol. The fourth-order valence-electron chi connectivity index (χ4n) is 1.52. The maximum absolute atomic E-state index is 9.41. The highest BCUT2D eigenvalue weighted by molar-refractivity contribution is 5.84. The predicted octanol–water partition coefficient (Wildman–Crippen LogP) is 2.13. The van der Waals surface area contributed by atoms with Crippen LogP contribution in [0.2, 0.25) is 0 Å². The minimum atomic E-state index is 0.164. The maximum Gasteiger partial charge on any atom is 0.161 e. The molecule has 0 radical (unpaired) electrons. The molecule has 2 aromatic rings. The highest BCUT2D eigenvalue weighted by atomic mass is 16.5. The Bertz CT molecular complexity index is 464. The fraction of sp³-hybridized carbons (Fsp3) is 0.333. The molecule has 0 saturated heterocycles. The van der Waals surface area contributed by atoms with E-state index in [4.69, 9.17) is 9.15 Å². The zero-order valence-electron chi connectivity index (χ0n) is 9.19. The number of benzene rings is 1. The molecule has 0 aliphatic rings. The molecule has 2 rings (SSSR count). The lowest BCUT2D eigenvalue weighted by Crippen LogP contribution is -2.11. The van der Waals surface area contributed by atoms with Gasteiger partial charge in [-0.15, -0.1) is 0 Å². The van der Waals surface area contributed by atoms with Crippen molar-refractivity contribution in [3.05, 3.63) is 24.5 Å². The zero-order chi connectivity index (χ0) is 11.4. The van der Waals surface area contributed by atoms with E-state index in [1.165, 1.54) is 6.26 Å². The number of fused-ring (bicyclic) bond motifs is 1. The molecule has 0 saturated carbocycles. The summed E-state index contributed by atoms with van der Waals surface area (Å²) < 4.78 is 10.7. The minimum absolute atomic E-state index is 0.164. The van der Waals surface area contributed by atoms with Crippen molar-refractivity contribution in [1.29, 1.82) is 0 Å². The quantitative estimate of drug-likeness (QED) is 0.759. The first-order valence-corrected chi connectivity index (χ1v) is 5.29. The Morgan fingerprint density at radius 3 is 3.12 bits per heavy atom. The summed E-state index contributed by atoms with van der Waals surface area (Å²) >= 11 is 0. The van der Waals surface area contributed by atoms with Gasteiger partial charge in [-0.3, -0.25) is 0 Å². The third kappa shape index (κ3) is 2.28. The van der Waals surface area contributed by atoms with Crippen LogP contribution in [-0.4, -0.2) is 25.3 Å². The van der Waals surface area contributed by atoms with E-state index in [2.05, 4.69) is 5.32 Å². The second-order valence-electron chi connectivity index (χ2n) is 3.58. The molecule has 0 amide bonds. The summed E-state index contributed by atoms with van der Waals surface area (Å²) in [6, 6.07) is 5.41. The molecule has 0 unspecified atom stereocenters. The summed E-state index contributed by atoms with van der Waals surface area (Å²) in [4.78, 5) is 0. The summed E-state index contributed by atoms with van der Waals surface area (Å²) in [6.45, 7) is 1.60. The van der Waals surface area contributed by atoms with Crippen molar-refractivity contribution in [2.24, 2.45) is 0 Å². The van der Waals surface area contributed by atoms with Crippen molar-refractivity contribution in [3.63, 3.8) is 0 Å². The van der Waals surface area contributed by atoms with E-state index in [-0.39, 0.29) is 5.75 Å². The molecule has 16 heavy (non-hydrogen) atoms. The van der Waals surface area contributed by atoms with E-state index in [1.807, 2.05) is 13.1 Å². The molecule has 86 valence electrons. The fourth-order valence-corrected chi connectivity index (χ4v) is 1.52. The number of aromatic hydroxyl groups is 1. The van der Waals surface area contributed by atoms with Gasteiger partial charge >= 0.3 is 0 Å². The molecule has 0 aliphatic carbocycles. The van der Waals surface area contributed by atoms with E-state index in [9.17, 15) is 5.11 Å². The second kappa shape index (κ2) is 4.90. The molecule has 4 nitrogen and oxygen atoms in total. The summed E-state index contributed by atoms with van der Waals surface area (Å²) in [5.74, 6) is 0.926. The first-order chi connectivity index (χ1) is 7.81. The molecule has 0 bridgehead atoms. The van der Waals surface area contributed by atoms with Crippen LogP contribution in [0, 0.1) is 0 Å². The number of furan rings is 1. The van der Waals surface area contributed by atoms with Gasteiger partial charge in [-0.05, 0) is 32.1 Å². The van der Waals surface area contributed by atoms with Crippen LogP contribution in [0.25, 0.3) is 11.0 Å². The first kappa shape index (κ1) is 10.8. The lowest BCUT2D eigenvalue weighted by Gasteiger charge is -2.05. The van der Waals surface area contributed by atoms with Gasteiger partial charge in [0.1, 0.15) is 17.6 Å². The normalized spacial score (nSPS) is 10.8. The maximum atomic E-state index is 9.41. The molecule has 0 atom stereocenters. The molecule has 1 aromatic heterocycles. The molecule has 2 N–H and O–H groups in total. The average molecular weight is 221 g/mol. The minimum Gasteiger partial charge on any atom is -0.504 e. The summed E-state index contributed by atoms with van der Waals surface area (Å²) in [5, 5.41) is 13.2. The zero-order valence-corrected chi connectivity index (χ0v) is 9.19. The first-order valence-electron chi connectivity index (χ1n) is 5.29. The van der Waals surface area contributed by atoms with Crippen LogP contribution in [0.15, 0.2) is 28.9 Å². The van der Waals surface area contributed by atoms with Crippen LogP contribution in [0.4, 0.5) is 0 Å². The van der Waals surface area contributed by atoms with Crippen LogP contribution in [-0.2, 0) is 0 Å². The largest absolute Gasteiger partial charge is 0.504 e. The Hall–Kier alpha value is -1.68. The van der Waals surface area contributed by atoms with Crippen molar-refractivity contribution in [2.75, 3.05) is 20.2 Å². The van der Waals surface area contributed by atoms with Gasteiger partial charge in [0.25, 0.3) is 0 Å². The Labute approximate surface area is 93.8 Å². The highest BCUT2D eigenvalue weighted by Crippen LogP contribution is 2.29. The molecule has 1 heterocycles. The Morgan fingerprint density at radius 1 is 1.44 bits per heavy atom. The van der Waals surface area contributed by atoms with Crippen LogP contribution in [0.5, 0.6) is 11.5 Å². The third-order valence-electron chi connectivity index (χ3n) is 2.37. The van der Waals surface area contributed by atoms with E-state index >= 15 is 0 Å². The standard InChI is InChI=1S/C12H15NO3/c1-13-5-2-6-15-9-3-4-10-11(14)8-16-12(10)7-9/h3-4,7-8,13-14H,2,5-6H2,1H3. The van der Waals surface area contributed by atoms with E-state index < -0.39 is 0 Å². The van der Waals surface area contributed by atoms with Crippen molar-refractivity contribution in [1.82, 2.24) is 5.32 Å². The molecular formula is C12H15NO3. The van der Waals surface area contributed by atoms with Gasteiger partial charge in [0.15, 0.2) is 5.75 Å². The Morgan fingerprint density at radius 2 is 2.31 bits per heavy atom. The van der Waals surface area contributed by atoms with Gasteiger partial charge in [0.05, 0.1) is 12.0 Å². The highest BCUT2D eigenvalue weighted by Gasteiger charge is 2.05. The van der Waals surface area contributed by atoms with Crippen LogP contribution in [0.3, 0.4) is 0 Å². The van der Waals surface area contributed by atoms with Gasteiger partial charge in [-0.2, -0.15) is 0 Å². The molecular weight excluding hydrogens is 206 g/mol. The molecule has 1 aromatic carbocycles. The van der Waals surface area contributed by atoms with Crippen molar-refractivity contribution >= 4 is 11.0 Å². The van der Waals surface area contributed by atoms with Gasteiger partial charge in [0.2, 0.25) is 0 Å². The molecule has 4 heteroatoms. The van der Waals surface area contributed by atoms with Gasteiger partial charge < -0.3 is 19.6 Å². The molecule has 0 fully saturated rings. The average Bonchev–Trinajstić information content (AvgIpc) is 2.66. The van der Waals surface area contributed by atoms with E-state index in [0.29, 0.717) is 17.6 Å². The topological polar surface area (TPSA) is 54.6 Å². The smallest absolute Gasteiger partial charge is 0.161 e. The van der Waals surface area contributed by atoms with Crippen molar-refractivity contribution in [3.8, 4) is 11.5 Å². The van der Waals surface area contributed by atoms with Gasteiger partial charge in [-0.25, -0.2) is 0 Å². The van der Waals surface area contributed by atoms with Gasteiger partial charge in [-0.1, -0.05) is 0 Å². The lowest BCUT2D eigenvalue weighted by molar-refractivity contribution is 0.310. The predicted molar refractivity (Wildman–Crippen MR) is 61.9 cm³/mol. The lowest BCUT2D eigenvalue weighted by atomic mass is 10.2. The summed E-state index contributed by atoms with van der Waals surface area (Å²) in [7, 11) is 1.91. The summed E-state index contributed by atoms with van der Waals surface area (Å²) in [5.41, 5.74) is 0.642. The van der Waals surface area contributed by atoms with Crippen LogP contribution in [0.1, 0.15) is 6.42 Å². The number of rotatable bonds is 5. The Kier molecular flexibility index (Phi) is 3.31. The SMILES string of the molecule is CNCCCOc1ccc2c(O)coc2c1. The third-order valence-corrected chi connectivity index (χ3v) is 2.37. The molecule has 0 spiro atoms.